The van der Waals surface area contributed by atoms with Gasteiger partial charge in [0.2, 0.25) is 0 Å². The Kier molecular flexibility index (Phi) is 7.20. The van der Waals surface area contributed by atoms with Crippen molar-refractivity contribution in [1.29, 1.82) is 5.26 Å². The average molecular weight is 436 g/mol. The van der Waals surface area contributed by atoms with Gasteiger partial charge < -0.3 is 9.73 Å². The van der Waals surface area contributed by atoms with Crippen LogP contribution in [-0.4, -0.2) is 17.4 Å². The Morgan fingerprint density at radius 1 is 1.19 bits per heavy atom. The number of nitro groups is 1. The fraction of sp³-hybridized carbons (Fsp3) is 0.130. The minimum absolute atomic E-state index is 0.0876. The lowest BCUT2D eigenvalue weighted by Crippen LogP contribution is -2.25. The van der Waals surface area contributed by atoms with Gasteiger partial charge in [-0.25, -0.2) is 0 Å². The Labute approximate surface area is 183 Å². The molecule has 3 rings (SSSR count). The summed E-state index contributed by atoms with van der Waals surface area (Å²) in [6, 6.07) is 19.0. The molecule has 0 aliphatic heterocycles. The second-order valence-corrected chi connectivity index (χ2v) is 7.05. The number of carbonyl (C=O) groups is 1. The number of nitrogens with zero attached hydrogens (tertiary/aromatic N) is 2. The van der Waals surface area contributed by atoms with Crippen molar-refractivity contribution in [3.63, 3.8) is 0 Å². The van der Waals surface area contributed by atoms with E-state index >= 15 is 0 Å². The fourth-order valence-electron chi connectivity index (χ4n) is 2.92. The van der Waals surface area contributed by atoms with Gasteiger partial charge in [0.1, 0.15) is 23.2 Å². The van der Waals surface area contributed by atoms with Crippen molar-refractivity contribution in [3.8, 4) is 17.4 Å². The summed E-state index contributed by atoms with van der Waals surface area (Å²) in [4.78, 5) is 22.6. The van der Waals surface area contributed by atoms with Crippen molar-refractivity contribution < 1.29 is 14.1 Å². The molecule has 0 unspecified atom stereocenters. The van der Waals surface area contributed by atoms with Gasteiger partial charge in [-0.3, -0.25) is 14.9 Å². The Balaban J connectivity index is 1.63. The molecule has 1 heterocycles. The van der Waals surface area contributed by atoms with Gasteiger partial charge in [-0.15, -0.1) is 0 Å². The number of hydrogen-bond donors (Lipinski definition) is 1. The first-order valence-corrected chi connectivity index (χ1v) is 9.84. The molecule has 156 valence electrons. The molecular formula is C23H18ClN3O4. The molecule has 0 saturated heterocycles. The maximum atomic E-state index is 12.3. The minimum atomic E-state index is -0.538. The van der Waals surface area contributed by atoms with E-state index in [0.29, 0.717) is 23.6 Å². The number of carbonyl (C=O) groups excluding carboxylic acids is 1. The number of non-ortho nitro benzene ring substituents is 1. The molecule has 31 heavy (non-hydrogen) atoms. The fourth-order valence-corrected chi connectivity index (χ4v) is 3.19. The molecule has 1 amide bonds. The number of furan rings is 1. The van der Waals surface area contributed by atoms with E-state index in [4.69, 9.17) is 16.0 Å². The molecule has 0 bridgehead atoms. The number of nitro benzene ring substituents is 1. The number of nitrogens with one attached hydrogen (secondary N) is 1. The van der Waals surface area contributed by atoms with Crippen molar-refractivity contribution in [2.45, 2.75) is 12.8 Å². The molecule has 7 nitrogen and oxygen atoms in total. The smallest absolute Gasteiger partial charge is 0.270 e. The van der Waals surface area contributed by atoms with Gasteiger partial charge in [-0.2, -0.15) is 5.26 Å². The van der Waals surface area contributed by atoms with E-state index in [9.17, 15) is 20.2 Å². The molecule has 0 radical (unpaired) electrons. The molecule has 1 aromatic heterocycles. The third-order valence-electron chi connectivity index (χ3n) is 4.48. The number of halogens is 1. The second-order valence-electron chi connectivity index (χ2n) is 6.64. The zero-order valence-electron chi connectivity index (χ0n) is 16.4. The normalized spacial score (nSPS) is 11.0. The van der Waals surface area contributed by atoms with Crippen LogP contribution in [0.4, 0.5) is 5.69 Å². The third-order valence-corrected chi connectivity index (χ3v) is 4.79. The lowest BCUT2D eigenvalue weighted by Gasteiger charge is -2.04. The maximum Gasteiger partial charge on any atom is 0.270 e. The molecule has 0 spiro atoms. The Morgan fingerprint density at radius 2 is 1.97 bits per heavy atom. The summed E-state index contributed by atoms with van der Waals surface area (Å²) in [5, 5.41) is 23.1. The lowest BCUT2D eigenvalue weighted by molar-refractivity contribution is -0.384. The van der Waals surface area contributed by atoms with E-state index in [2.05, 4.69) is 5.32 Å². The third kappa shape index (κ3) is 5.81. The maximum absolute atomic E-state index is 12.3. The molecule has 0 atom stereocenters. The first-order valence-electron chi connectivity index (χ1n) is 9.46. The molecule has 8 heteroatoms. The molecule has 0 fully saturated rings. The van der Waals surface area contributed by atoms with Gasteiger partial charge in [-0.05, 0) is 36.6 Å². The standard InChI is InChI=1S/C23H18ClN3O4/c24-21-14-18(27(29)30)8-10-20(21)22-11-9-19(31-22)13-17(15-25)23(28)26-12-4-7-16-5-2-1-3-6-16/h1-3,5-6,8-11,13-14H,4,7,12H2,(H,26,28)/b17-13-. The second kappa shape index (κ2) is 10.2. The molecule has 0 aliphatic carbocycles. The molecule has 2 aromatic carbocycles. The Bertz CT molecular complexity index is 1160. The van der Waals surface area contributed by atoms with Crippen LogP contribution < -0.4 is 5.32 Å². The number of benzene rings is 2. The zero-order chi connectivity index (χ0) is 22.2. The van der Waals surface area contributed by atoms with Crippen molar-refractivity contribution >= 4 is 29.3 Å². The van der Waals surface area contributed by atoms with Crippen molar-refractivity contribution in [1.82, 2.24) is 5.32 Å². The number of hydrogen-bond acceptors (Lipinski definition) is 5. The largest absolute Gasteiger partial charge is 0.457 e. The van der Waals surface area contributed by atoms with Crippen molar-refractivity contribution in [2.75, 3.05) is 6.54 Å². The summed E-state index contributed by atoms with van der Waals surface area (Å²) in [5.41, 5.74) is 1.43. The van der Waals surface area contributed by atoms with Gasteiger partial charge in [-0.1, -0.05) is 41.9 Å². The average Bonchev–Trinajstić information content (AvgIpc) is 3.23. The highest BCUT2D eigenvalue weighted by atomic mass is 35.5. The first-order chi connectivity index (χ1) is 15.0. The number of rotatable bonds is 8. The number of nitriles is 1. The van der Waals surface area contributed by atoms with E-state index < -0.39 is 10.8 Å². The summed E-state index contributed by atoms with van der Waals surface area (Å²) in [5.74, 6) is 0.175. The van der Waals surface area contributed by atoms with Crippen LogP contribution in [0.15, 0.2) is 70.7 Å². The molecule has 0 aliphatic rings. The molecule has 0 saturated carbocycles. The Morgan fingerprint density at radius 3 is 2.65 bits per heavy atom. The summed E-state index contributed by atoms with van der Waals surface area (Å²) in [6.45, 7) is 0.439. The van der Waals surface area contributed by atoms with Crippen LogP contribution in [-0.2, 0) is 11.2 Å². The quantitative estimate of drug-likeness (QED) is 0.173. The highest BCUT2D eigenvalue weighted by molar-refractivity contribution is 6.33. The SMILES string of the molecule is N#C/C(=C/c1ccc(-c2ccc([N+](=O)[O-])cc2Cl)o1)C(=O)NCCCc1ccccc1. The van der Waals surface area contributed by atoms with Crippen LogP contribution in [0.25, 0.3) is 17.4 Å². The van der Waals surface area contributed by atoms with Gasteiger partial charge in [0.15, 0.2) is 0 Å². The monoisotopic (exact) mass is 435 g/mol. The number of amides is 1. The topological polar surface area (TPSA) is 109 Å². The van der Waals surface area contributed by atoms with Crippen molar-refractivity contribution in [3.05, 3.63) is 92.7 Å². The van der Waals surface area contributed by atoms with Crippen LogP contribution in [0.3, 0.4) is 0 Å². The highest BCUT2D eigenvalue weighted by Crippen LogP contribution is 2.32. The van der Waals surface area contributed by atoms with Crippen LogP contribution in [0.5, 0.6) is 0 Å². The first kappa shape index (κ1) is 21.8. The summed E-state index contributed by atoms with van der Waals surface area (Å²) in [7, 11) is 0. The van der Waals surface area contributed by atoms with E-state index in [-0.39, 0.29) is 16.3 Å². The lowest BCUT2D eigenvalue weighted by atomic mass is 10.1. The van der Waals surface area contributed by atoms with Gasteiger partial charge in [0, 0.05) is 30.3 Å². The summed E-state index contributed by atoms with van der Waals surface area (Å²) in [6.07, 6.45) is 2.91. The van der Waals surface area contributed by atoms with Gasteiger partial charge in [0.05, 0.1) is 9.95 Å². The number of aryl methyl sites for hydroxylation is 1. The van der Waals surface area contributed by atoms with Gasteiger partial charge in [0.25, 0.3) is 11.6 Å². The predicted molar refractivity (Wildman–Crippen MR) is 117 cm³/mol. The Hall–Kier alpha value is -3.89. The molecule has 3 aromatic rings. The summed E-state index contributed by atoms with van der Waals surface area (Å²) < 4.78 is 5.66. The van der Waals surface area contributed by atoms with Crippen LogP contribution in [0.2, 0.25) is 5.02 Å². The van der Waals surface area contributed by atoms with Crippen LogP contribution in [0.1, 0.15) is 17.7 Å². The van der Waals surface area contributed by atoms with Crippen LogP contribution in [0, 0.1) is 21.4 Å². The van der Waals surface area contributed by atoms with Crippen molar-refractivity contribution in [2.24, 2.45) is 0 Å². The summed E-state index contributed by atoms with van der Waals surface area (Å²) >= 11 is 6.12. The van der Waals surface area contributed by atoms with Crippen LogP contribution >= 0.6 is 11.6 Å². The van der Waals surface area contributed by atoms with E-state index in [1.807, 2.05) is 36.4 Å². The zero-order valence-corrected chi connectivity index (χ0v) is 17.1. The molecule has 1 N–H and O–H groups in total. The highest BCUT2D eigenvalue weighted by Gasteiger charge is 2.14. The van der Waals surface area contributed by atoms with E-state index in [1.165, 1.54) is 29.8 Å². The molecular weight excluding hydrogens is 418 g/mol. The van der Waals surface area contributed by atoms with Gasteiger partial charge >= 0.3 is 0 Å². The van der Waals surface area contributed by atoms with E-state index in [0.717, 1.165) is 12.8 Å². The van der Waals surface area contributed by atoms with E-state index in [1.54, 1.807) is 12.1 Å². The predicted octanol–water partition coefficient (Wildman–Crippen LogP) is 5.16. The minimum Gasteiger partial charge on any atom is -0.457 e.